The maximum atomic E-state index is 5.54. The zero-order chi connectivity index (χ0) is 14.4. The van der Waals surface area contributed by atoms with Crippen LogP contribution in [0.5, 0.6) is 5.75 Å². The van der Waals surface area contributed by atoms with Crippen LogP contribution in [0.1, 0.15) is 43.0 Å². The van der Waals surface area contributed by atoms with Crippen molar-refractivity contribution in [1.29, 1.82) is 0 Å². The fourth-order valence-corrected chi connectivity index (χ4v) is 3.39. The summed E-state index contributed by atoms with van der Waals surface area (Å²) in [5.41, 5.74) is 2.47. The third-order valence-electron chi connectivity index (χ3n) is 4.76. The predicted molar refractivity (Wildman–Crippen MR) is 83.0 cm³/mol. The van der Waals surface area contributed by atoms with Crippen molar-refractivity contribution in [3.63, 3.8) is 0 Å². The van der Waals surface area contributed by atoms with Gasteiger partial charge in [0.15, 0.2) is 0 Å². The zero-order valence-electron chi connectivity index (χ0n) is 12.5. The molecule has 3 unspecified atom stereocenters. The Morgan fingerprint density at radius 1 is 1.33 bits per heavy atom. The number of hydrogen-bond donors (Lipinski definition) is 1. The number of rotatable bonds is 3. The highest BCUT2D eigenvalue weighted by molar-refractivity contribution is 5.45. The van der Waals surface area contributed by atoms with Crippen LogP contribution in [0.15, 0.2) is 30.3 Å². The Morgan fingerprint density at radius 2 is 2.14 bits per heavy atom. The van der Waals surface area contributed by atoms with Gasteiger partial charge >= 0.3 is 0 Å². The number of anilines is 1. The van der Waals surface area contributed by atoms with Crippen molar-refractivity contribution >= 4 is 5.82 Å². The summed E-state index contributed by atoms with van der Waals surface area (Å²) in [5, 5.41) is 8.37. The number of ether oxygens (including phenoxy) is 1. The molecule has 1 aromatic heterocycles. The van der Waals surface area contributed by atoms with Gasteiger partial charge < -0.3 is 10.1 Å². The summed E-state index contributed by atoms with van der Waals surface area (Å²) in [4.78, 5) is 0. The second-order valence-electron chi connectivity index (χ2n) is 6.19. The van der Waals surface area contributed by atoms with E-state index >= 15 is 0 Å². The van der Waals surface area contributed by atoms with Crippen LogP contribution in [0, 0.1) is 5.92 Å². The molecule has 1 aromatic carbocycles. The standard InChI is InChI=1S/C17H21N3O/c1-11-9-13(11)14-10-17-18-8-7-15(20(17)19-14)12-5-3-4-6-16(12)21-2/h3-6,10-11,13,15,18H,7-9H2,1-2H3. The lowest BCUT2D eigenvalue weighted by Crippen LogP contribution is -2.24. The maximum Gasteiger partial charge on any atom is 0.125 e. The minimum absolute atomic E-state index is 0.264. The van der Waals surface area contributed by atoms with Crippen molar-refractivity contribution < 1.29 is 4.74 Å². The summed E-state index contributed by atoms with van der Waals surface area (Å²) < 4.78 is 7.69. The first kappa shape index (κ1) is 12.7. The van der Waals surface area contributed by atoms with Crippen molar-refractivity contribution in [3.8, 4) is 5.75 Å². The second kappa shape index (κ2) is 4.79. The molecule has 1 aliphatic heterocycles. The van der Waals surface area contributed by atoms with E-state index in [-0.39, 0.29) is 6.04 Å². The smallest absolute Gasteiger partial charge is 0.125 e. The molecule has 4 nitrogen and oxygen atoms in total. The van der Waals surface area contributed by atoms with Crippen LogP contribution in [0.2, 0.25) is 0 Å². The summed E-state index contributed by atoms with van der Waals surface area (Å²) in [6.07, 6.45) is 2.31. The summed E-state index contributed by atoms with van der Waals surface area (Å²) >= 11 is 0. The minimum Gasteiger partial charge on any atom is -0.496 e. The van der Waals surface area contributed by atoms with Gasteiger partial charge in [0.25, 0.3) is 0 Å². The van der Waals surface area contributed by atoms with Crippen LogP contribution in [-0.2, 0) is 0 Å². The van der Waals surface area contributed by atoms with Gasteiger partial charge in [-0.25, -0.2) is 4.68 Å². The van der Waals surface area contributed by atoms with E-state index in [0.29, 0.717) is 5.92 Å². The molecular weight excluding hydrogens is 262 g/mol. The topological polar surface area (TPSA) is 39.1 Å². The minimum atomic E-state index is 0.264. The van der Waals surface area contributed by atoms with Gasteiger partial charge in [0.05, 0.1) is 18.8 Å². The number of benzene rings is 1. The zero-order valence-corrected chi connectivity index (χ0v) is 12.5. The van der Waals surface area contributed by atoms with Gasteiger partial charge in [-0.3, -0.25) is 0 Å². The first-order chi connectivity index (χ1) is 10.3. The van der Waals surface area contributed by atoms with Crippen molar-refractivity contribution in [3.05, 3.63) is 41.6 Å². The molecule has 4 heteroatoms. The van der Waals surface area contributed by atoms with Crippen molar-refractivity contribution in [2.24, 2.45) is 5.92 Å². The van der Waals surface area contributed by atoms with Crippen molar-refractivity contribution in [2.75, 3.05) is 19.0 Å². The highest BCUT2D eigenvalue weighted by atomic mass is 16.5. The molecule has 21 heavy (non-hydrogen) atoms. The average Bonchev–Trinajstić information content (AvgIpc) is 3.09. The summed E-state index contributed by atoms with van der Waals surface area (Å²) in [6, 6.07) is 10.8. The number of para-hydroxylation sites is 1. The Labute approximate surface area is 125 Å². The third kappa shape index (κ3) is 2.09. The molecular formula is C17H21N3O. The van der Waals surface area contributed by atoms with E-state index in [1.54, 1.807) is 7.11 Å². The number of hydrogen-bond acceptors (Lipinski definition) is 3. The van der Waals surface area contributed by atoms with E-state index in [9.17, 15) is 0 Å². The highest BCUT2D eigenvalue weighted by Gasteiger charge is 2.37. The van der Waals surface area contributed by atoms with E-state index in [2.05, 4.69) is 35.1 Å². The Balaban J connectivity index is 1.74. The number of fused-ring (bicyclic) bond motifs is 1. The third-order valence-corrected chi connectivity index (χ3v) is 4.76. The molecule has 2 aliphatic rings. The average molecular weight is 283 g/mol. The van der Waals surface area contributed by atoms with Crippen molar-refractivity contribution in [1.82, 2.24) is 9.78 Å². The number of nitrogens with zero attached hydrogens (tertiary/aromatic N) is 2. The van der Waals surface area contributed by atoms with Crippen LogP contribution in [-0.4, -0.2) is 23.4 Å². The van der Waals surface area contributed by atoms with Crippen LogP contribution in [0.4, 0.5) is 5.82 Å². The molecule has 2 aromatic rings. The molecule has 1 aliphatic carbocycles. The monoisotopic (exact) mass is 283 g/mol. The molecule has 1 saturated carbocycles. The van der Waals surface area contributed by atoms with E-state index in [1.165, 1.54) is 17.7 Å². The van der Waals surface area contributed by atoms with Gasteiger partial charge in [0.2, 0.25) is 0 Å². The molecule has 110 valence electrons. The molecule has 0 saturated heterocycles. The summed E-state index contributed by atoms with van der Waals surface area (Å²) in [5.74, 6) is 3.54. The number of methoxy groups -OCH3 is 1. The van der Waals surface area contributed by atoms with Gasteiger partial charge in [-0.05, 0) is 24.8 Å². The first-order valence-electron chi connectivity index (χ1n) is 7.74. The van der Waals surface area contributed by atoms with E-state index in [4.69, 9.17) is 9.84 Å². The molecule has 4 rings (SSSR count). The fraction of sp³-hybridized carbons (Fsp3) is 0.471. The molecule has 1 N–H and O–H groups in total. The van der Waals surface area contributed by atoms with Gasteiger partial charge in [0, 0.05) is 24.1 Å². The van der Waals surface area contributed by atoms with E-state index in [1.807, 2.05) is 12.1 Å². The van der Waals surface area contributed by atoms with E-state index in [0.717, 1.165) is 30.5 Å². The Bertz CT molecular complexity index is 664. The molecule has 0 bridgehead atoms. The molecule has 0 radical (unpaired) electrons. The Morgan fingerprint density at radius 3 is 2.90 bits per heavy atom. The van der Waals surface area contributed by atoms with Crippen LogP contribution >= 0.6 is 0 Å². The van der Waals surface area contributed by atoms with Gasteiger partial charge in [-0.1, -0.05) is 25.1 Å². The quantitative estimate of drug-likeness (QED) is 0.938. The van der Waals surface area contributed by atoms with Gasteiger partial charge in [0.1, 0.15) is 11.6 Å². The maximum absolute atomic E-state index is 5.54. The second-order valence-corrected chi connectivity index (χ2v) is 6.19. The molecule has 0 spiro atoms. The van der Waals surface area contributed by atoms with Crippen molar-refractivity contribution in [2.45, 2.75) is 31.7 Å². The van der Waals surface area contributed by atoms with E-state index < -0.39 is 0 Å². The molecule has 0 amide bonds. The Kier molecular flexibility index (Phi) is 2.91. The van der Waals surface area contributed by atoms with Crippen LogP contribution in [0.3, 0.4) is 0 Å². The van der Waals surface area contributed by atoms with Crippen LogP contribution in [0.25, 0.3) is 0 Å². The fourth-order valence-electron chi connectivity index (χ4n) is 3.39. The molecule has 3 atom stereocenters. The van der Waals surface area contributed by atoms with Crippen LogP contribution < -0.4 is 10.1 Å². The number of nitrogens with one attached hydrogen (secondary N) is 1. The number of aromatic nitrogens is 2. The SMILES string of the molecule is COc1ccccc1C1CCNc2cc(C3CC3C)nn21. The molecule has 2 heterocycles. The predicted octanol–water partition coefficient (Wildman–Crippen LogP) is 3.42. The lowest BCUT2D eigenvalue weighted by Gasteiger charge is -2.27. The Hall–Kier alpha value is -1.97. The highest BCUT2D eigenvalue weighted by Crippen LogP contribution is 2.47. The summed E-state index contributed by atoms with van der Waals surface area (Å²) in [6.45, 7) is 3.28. The molecule has 1 fully saturated rings. The normalized spacial score (nSPS) is 26.9. The summed E-state index contributed by atoms with van der Waals surface area (Å²) in [7, 11) is 1.74. The van der Waals surface area contributed by atoms with Gasteiger partial charge in [-0.2, -0.15) is 5.10 Å². The lowest BCUT2D eigenvalue weighted by molar-refractivity contribution is 0.391. The largest absolute Gasteiger partial charge is 0.496 e. The first-order valence-corrected chi connectivity index (χ1v) is 7.74. The van der Waals surface area contributed by atoms with Gasteiger partial charge in [-0.15, -0.1) is 0 Å². The lowest BCUT2D eigenvalue weighted by atomic mass is 10.0.